The average Bonchev–Trinajstić information content (AvgIpc) is 2.27. The van der Waals surface area contributed by atoms with Crippen LogP contribution in [0.4, 0.5) is 0 Å². The summed E-state index contributed by atoms with van der Waals surface area (Å²) in [5, 5.41) is 1.78. The van der Waals surface area contributed by atoms with E-state index in [1.165, 1.54) is 5.56 Å². The summed E-state index contributed by atoms with van der Waals surface area (Å²) in [6.45, 7) is 0.844. The first-order valence-corrected chi connectivity index (χ1v) is 4.67. The predicted octanol–water partition coefficient (Wildman–Crippen LogP) is 1.59. The number of fused-ring (bicyclic) bond motifs is 1. The highest BCUT2D eigenvalue weighted by atomic mass is 16.7. The van der Waals surface area contributed by atoms with Crippen LogP contribution in [0.25, 0.3) is 0 Å². The number of nitrogens with zero attached hydrogens (tertiary/aromatic N) is 1. The lowest BCUT2D eigenvalue weighted by molar-refractivity contribution is -0.168. The van der Waals surface area contributed by atoms with Gasteiger partial charge in [0.2, 0.25) is 6.23 Å². The fraction of sp³-hybridized carbons (Fsp3) is 0.364. The van der Waals surface area contributed by atoms with Crippen LogP contribution in [0.15, 0.2) is 24.3 Å². The van der Waals surface area contributed by atoms with Crippen LogP contribution in [-0.4, -0.2) is 25.8 Å². The maximum atomic E-state index is 5.34. The number of hydroxylamine groups is 2. The van der Waals surface area contributed by atoms with Crippen molar-refractivity contribution in [2.45, 2.75) is 6.42 Å². The minimum Gasteiger partial charge on any atom is -0.353 e. The molecule has 3 heteroatoms. The lowest BCUT2D eigenvalue weighted by Gasteiger charge is -2.32. The first kappa shape index (κ1) is 9.65. The molecule has 0 bridgehead atoms. The minimum absolute atomic E-state index is 0.800. The molecule has 0 aromatic heterocycles. The van der Waals surface area contributed by atoms with E-state index in [4.69, 9.17) is 9.57 Å². The van der Waals surface area contributed by atoms with E-state index < -0.39 is 0 Å². The van der Waals surface area contributed by atoms with E-state index in [9.17, 15) is 0 Å². The van der Waals surface area contributed by atoms with Gasteiger partial charge in [0, 0.05) is 19.2 Å². The molecule has 1 aliphatic rings. The van der Waals surface area contributed by atoms with E-state index in [-0.39, 0.29) is 0 Å². The topological polar surface area (TPSA) is 21.7 Å². The number of benzene rings is 1. The third kappa shape index (κ3) is 1.54. The first-order chi connectivity index (χ1) is 6.86. The molecule has 0 spiro atoms. The number of ether oxygens (including phenoxy) is 1. The third-order valence-electron chi connectivity index (χ3n) is 2.47. The van der Waals surface area contributed by atoms with Crippen molar-refractivity contribution in [3.05, 3.63) is 41.6 Å². The highest BCUT2D eigenvalue weighted by Gasteiger charge is 2.28. The monoisotopic (exact) mass is 192 g/mol. The third-order valence-corrected chi connectivity index (χ3v) is 2.47. The molecule has 0 fully saturated rings. The Morgan fingerprint density at radius 3 is 2.71 bits per heavy atom. The second-order valence-corrected chi connectivity index (χ2v) is 3.20. The molecular formula is C11H14NO2. The Bertz CT molecular complexity index is 314. The molecule has 1 heterocycles. The minimum atomic E-state index is 0.800. The molecule has 0 saturated heterocycles. The van der Waals surface area contributed by atoms with Crippen LogP contribution in [0.1, 0.15) is 11.1 Å². The second kappa shape index (κ2) is 4.09. The zero-order valence-corrected chi connectivity index (χ0v) is 8.49. The summed E-state index contributed by atoms with van der Waals surface area (Å²) in [6.07, 6.45) is 1.80. The Kier molecular flexibility index (Phi) is 2.82. The normalized spacial score (nSPS) is 18.1. The summed E-state index contributed by atoms with van der Waals surface area (Å²) in [6, 6.07) is 8.24. The second-order valence-electron chi connectivity index (χ2n) is 3.20. The summed E-state index contributed by atoms with van der Waals surface area (Å²) in [4.78, 5) is 5.22. The lowest BCUT2D eigenvalue weighted by atomic mass is 9.99. The van der Waals surface area contributed by atoms with Gasteiger partial charge in [0.15, 0.2) is 0 Å². The van der Waals surface area contributed by atoms with E-state index in [1.54, 1.807) is 19.3 Å². The number of hydrogen-bond donors (Lipinski definition) is 0. The summed E-state index contributed by atoms with van der Waals surface area (Å²) in [7, 11) is 3.33. The molecule has 2 rings (SSSR count). The summed E-state index contributed by atoms with van der Waals surface area (Å²) >= 11 is 0. The average molecular weight is 192 g/mol. The van der Waals surface area contributed by atoms with Gasteiger partial charge < -0.3 is 4.74 Å². The molecule has 3 nitrogen and oxygen atoms in total. The van der Waals surface area contributed by atoms with Gasteiger partial charge in [-0.25, -0.2) is 0 Å². The van der Waals surface area contributed by atoms with Crippen molar-refractivity contribution < 1.29 is 9.57 Å². The van der Waals surface area contributed by atoms with Gasteiger partial charge in [0.1, 0.15) is 0 Å². The summed E-state index contributed by atoms with van der Waals surface area (Å²) in [5.41, 5.74) is 2.45. The Balaban J connectivity index is 2.34. The van der Waals surface area contributed by atoms with Gasteiger partial charge in [-0.3, -0.25) is 4.84 Å². The van der Waals surface area contributed by atoms with Crippen LogP contribution >= 0.6 is 0 Å². The molecule has 0 N–H and O–H groups in total. The number of rotatable bonds is 2. The lowest BCUT2D eigenvalue weighted by Crippen LogP contribution is -2.36. The Labute approximate surface area is 84.2 Å². The van der Waals surface area contributed by atoms with E-state index in [1.807, 2.05) is 6.07 Å². The highest BCUT2D eigenvalue weighted by Crippen LogP contribution is 2.28. The van der Waals surface area contributed by atoms with Crippen molar-refractivity contribution in [3.63, 3.8) is 0 Å². The molecule has 1 radical (unpaired) electrons. The van der Waals surface area contributed by atoms with Crippen LogP contribution in [0, 0.1) is 6.23 Å². The van der Waals surface area contributed by atoms with E-state index >= 15 is 0 Å². The summed E-state index contributed by atoms with van der Waals surface area (Å²) in [5.74, 6) is 0. The quantitative estimate of drug-likeness (QED) is 0.710. The number of hydrogen-bond acceptors (Lipinski definition) is 3. The summed E-state index contributed by atoms with van der Waals surface area (Å²) < 4.78 is 5.34. The maximum Gasteiger partial charge on any atom is 0.219 e. The van der Waals surface area contributed by atoms with Gasteiger partial charge >= 0.3 is 0 Å². The Morgan fingerprint density at radius 1 is 1.21 bits per heavy atom. The largest absolute Gasteiger partial charge is 0.353 e. The highest BCUT2D eigenvalue weighted by molar-refractivity contribution is 5.37. The van der Waals surface area contributed by atoms with Crippen molar-refractivity contribution in [2.24, 2.45) is 0 Å². The van der Waals surface area contributed by atoms with E-state index in [0.717, 1.165) is 24.8 Å². The van der Waals surface area contributed by atoms with Gasteiger partial charge in [-0.2, -0.15) is 0 Å². The van der Waals surface area contributed by atoms with E-state index in [0.29, 0.717) is 0 Å². The van der Waals surface area contributed by atoms with Crippen molar-refractivity contribution >= 4 is 0 Å². The molecule has 0 saturated carbocycles. The molecule has 1 aliphatic heterocycles. The first-order valence-electron chi connectivity index (χ1n) is 4.67. The van der Waals surface area contributed by atoms with Crippen LogP contribution in [0.2, 0.25) is 0 Å². The standard InChI is InChI=1S/C11H14NO2/c1-13-11-10-6-4-3-5-9(10)7-8-12(11)14-2/h3-6H,7-8H2,1-2H3. The van der Waals surface area contributed by atoms with Crippen molar-refractivity contribution in [1.29, 1.82) is 0 Å². The van der Waals surface area contributed by atoms with E-state index in [2.05, 4.69) is 18.2 Å². The molecular weight excluding hydrogens is 178 g/mol. The molecule has 0 aliphatic carbocycles. The zero-order chi connectivity index (χ0) is 9.97. The molecule has 0 unspecified atom stereocenters. The van der Waals surface area contributed by atoms with Gasteiger partial charge in [0.25, 0.3) is 0 Å². The fourth-order valence-corrected chi connectivity index (χ4v) is 1.79. The molecule has 14 heavy (non-hydrogen) atoms. The van der Waals surface area contributed by atoms with Gasteiger partial charge in [0.05, 0.1) is 7.11 Å². The Morgan fingerprint density at radius 2 is 2.00 bits per heavy atom. The van der Waals surface area contributed by atoms with Crippen LogP contribution in [0.5, 0.6) is 0 Å². The van der Waals surface area contributed by atoms with Crippen molar-refractivity contribution in [3.8, 4) is 0 Å². The van der Waals surface area contributed by atoms with Crippen LogP contribution < -0.4 is 0 Å². The molecule has 1 aromatic rings. The Hall–Kier alpha value is -0.900. The predicted molar refractivity (Wildman–Crippen MR) is 53.2 cm³/mol. The molecule has 0 atom stereocenters. The van der Waals surface area contributed by atoms with Gasteiger partial charge in [-0.1, -0.05) is 24.3 Å². The smallest absolute Gasteiger partial charge is 0.219 e. The maximum absolute atomic E-state index is 5.34. The van der Waals surface area contributed by atoms with Crippen LogP contribution in [0.3, 0.4) is 0 Å². The molecule has 75 valence electrons. The van der Waals surface area contributed by atoms with Crippen molar-refractivity contribution in [1.82, 2.24) is 5.06 Å². The zero-order valence-electron chi connectivity index (χ0n) is 8.49. The van der Waals surface area contributed by atoms with Gasteiger partial charge in [-0.15, -0.1) is 5.06 Å². The van der Waals surface area contributed by atoms with Crippen LogP contribution in [-0.2, 0) is 16.0 Å². The molecule has 0 amide bonds. The van der Waals surface area contributed by atoms with Crippen molar-refractivity contribution in [2.75, 3.05) is 20.8 Å². The fourth-order valence-electron chi connectivity index (χ4n) is 1.79. The molecule has 1 aromatic carbocycles. The SMILES string of the molecule is CO[C]1c2ccccc2CCN1OC. The number of methoxy groups -OCH3 is 1. The van der Waals surface area contributed by atoms with Gasteiger partial charge in [-0.05, 0) is 12.0 Å².